The summed E-state index contributed by atoms with van der Waals surface area (Å²) >= 11 is 0. The van der Waals surface area contributed by atoms with Gasteiger partial charge < -0.3 is 5.32 Å². The lowest BCUT2D eigenvalue weighted by molar-refractivity contribution is -0.132. The molecule has 0 aromatic heterocycles. The first-order chi connectivity index (χ1) is 6.91. The second kappa shape index (κ2) is 3.50. The van der Waals surface area contributed by atoms with E-state index in [0.717, 1.165) is 11.8 Å². The summed E-state index contributed by atoms with van der Waals surface area (Å²) in [6.45, 7) is 8.24. The number of amides is 1. The molecule has 86 valence electrons. The summed E-state index contributed by atoms with van der Waals surface area (Å²) in [5.41, 5.74) is -0.247. The summed E-state index contributed by atoms with van der Waals surface area (Å²) in [5, 5.41) is 3.24. The van der Waals surface area contributed by atoms with Crippen molar-refractivity contribution < 1.29 is 4.79 Å². The van der Waals surface area contributed by atoms with Crippen LogP contribution in [0.1, 0.15) is 47.0 Å². The Morgan fingerprint density at radius 1 is 1.20 bits per heavy atom. The van der Waals surface area contributed by atoms with E-state index >= 15 is 0 Å². The minimum Gasteiger partial charge on any atom is -0.352 e. The SMILES string of the molecule is C[C@@H]1[C@@H]2CCC[C@@H]2[C@@H]1NC(=O)C(C)(C)C. The number of nitrogens with one attached hydrogen (secondary N) is 1. The number of rotatable bonds is 1. The van der Waals surface area contributed by atoms with Gasteiger partial charge in [-0.2, -0.15) is 0 Å². The molecule has 2 saturated carbocycles. The minimum atomic E-state index is -0.247. The van der Waals surface area contributed by atoms with E-state index in [1.807, 2.05) is 20.8 Å². The van der Waals surface area contributed by atoms with Gasteiger partial charge in [-0.1, -0.05) is 34.1 Å². The molecule has 0 aromatic rings. The molecule has 0 saturated heterocycles. The van der Waals surface area contributed by atoms with Crippen LogP contribution in [0, 0.1) is 23.2 Å². The van der Waals surface area contributed by atoms with E-state index in [-0.39, 0.29) is 11.3 Å². The molecule has 0 bridgehead atoms. The van der Waals surface area contributed by atoms with Crippen LogP contribution in [0.3, 0.4) is 0 Å². The molecule has 1 N–H and O–H groups in total. The highest BCUT2D eigenvalue weighted by atomic mass is 16.2. The van der Waals surface area contributed by atoms with Gasteiger partial charge in [0.15, 0.2) is 0 Å². The highest BCUT2D eigenvalue weighted by Crippen LogP contribution is 2.51. The van der Waals surface area contributed by atoms with Crippen molar-refractivity contribution in [3.8, 4) is 0 Å². The molecule has 2 heteroatoms. The normalized spacial score (nSPS) is 39.5. The van der Waals surface area contributed by atoms with Gasteiger partial charge in [0.1, 0.15) is 0 Å². The van der Waals surface area contributed by atoms with E-state index in [2.05, 4.69) is 12.2 Å². The van der Waals surface area contributed by atoms with Gasteiger partial charge in [-0.15, -0.1) is 0 Å². The standard InChI is InChI=1S/C13H23NO/c1-8-9-6-5-7-10(9)11(8)14-12(15)13(2,3)4/h8-11H,5-7H2,1-4H3,(H,14,15)/t8-,9+,10+,11-/m1/s1. The van der Waals surface area contributed by atoms with Crippen LogP contribution in [0.4, 0.5) is 0 Å². The lowest BCUT2D eigenvalue weighted by Gasteiger charge is -2.48. The number of hydrogen-bond donors (Lipinski definition) is 1. The number of carbonyl (C=O) groups excluding carboxylic acids is 1. The van der Waals surface area contributed by atoms with E-state index in [0.29, 0.717) is 12.0 Å². The Labute approximate surface area is 92.8 Å². The largest absolute Gasteiger partial charge is 0.352 e. The summed E-state index contributed by atoms with van der Waals surface area (Å²) in [6.07, 6.45) is 4.07. The summed E-state index contributed by atoms with van der Waals surface area (Å²) < 4.78 is 0. The molecule has 2 aliphatic rings. The van der Waals surface area contributed by atoms with Crippen LogP contribution < -0.4 is 5.32 Å². The summed E-state index contributed by atoms with van der Waals surface area (Å²) in [4.78, 5) is 11.9. The van der Waals surface area contributed by atoms with Crippen molar-refractivity contribution in [1.29, 1.82) is 0 Å². The van der Waals surface area contributed by atoms with Crippen LogP contribution in [-0.2, 0) is 4.79 Å². The fourth-order valence-electron chi connectivity index (χ4n) is 3.23. The predicted octanol–water partition coefficient (Wildman–Crippen LogP) is 2.58. The molecule has 1 amide bonds. The number of hydrogen-bond acceptors (Lipinski definition) is 1. The van der Waals surface area contributed by atoms with E-state index in [1.165, 1.54) is 19.3 Å². The fraction of sp³-hybridized carbons (Fsp3) is 0.923. The maximum atomic E-state index is 11.9. The molecule has 0 aromatic carbocycles. The van der Waals surface area contributed by atoms with Gasteiger partial charge in [0.2, 0.25) is 5.91 Å². The molecule has 0 radical (unpaired) electrons. The second-order valence-corrected chi connectivity index (χ2v) is 6.37. The van der Waals surface area contributed by atoms with Crippen molar-refractivity contribution in [2.24, 2.45) is 23.2 Å². The Morgan fingerprint density at radius 2 is 1.80 bits per heavy atom. The molecule has 2 nitrogen and oxygen atoms in total. The topological polar surface area (TPSA) is 29.1 Å². The molecule has 0 aliphatic heterocycles. The Kier molecular flexibility index (Phi) is 2.56. The first-order valence-electron chi connectivity index (χ1n) is 6.22. The molecule has 0 unspecified atom stereocenters. The second-order valence-electron chi connectivity index (χ2n) is 6.37. The highest BCUT2D eigenvalue weighted by Gasteiger charge is 2.50. The van der Waals surface area contributed by atoms with Crippen LogP contribution in [0.25, 0.3) is 0 Å². The monoisotopic (exact) mass is 209 g/mol. The Morgan fingerprint density at radius 3 is 2.40 bits per heavy atom. The molecular weight excluding hydrogens is 186 g/mol. The first-order valence-corrected chi connectivity index (χ1v) is 6.22. The van der Waals surface area contributed by atoms with Crippen molar-refractivity contribution in [3.63, 3.8) is 0 Å². The zero-order chi connectivity index (χ0) is 11.2. The van der Waals surface area contributed by atoms with Crippen molar-refractivity contribution in [2.45, 2.75) is 53.0 Å². The molecule has 15 heavy (non-hydrogen) atoms. The van der Waals surface area contributed by atoms with Crippen molar-refractivity contribution >= 4 is 5.91 Å². The highest BCUT2D eigenvalue weighted by molar-refractivity contribution is 5.81. The third kappa shape index (κ3) is 1.79. The summed E-state index contributed by atoms with van der Waals surface area (Å²) in [5.74, 6) is 2.59. The van der Waals surface area contributed by atoms with Gasteiger partial charge in [-0.05, 0) is 30.6 Å². The van der Waals surface area contributed by atoms with Crippen molar-refractivity contribution in [3.05, 3.63) is 0 Å². The smallest absolute Gasteiger partial charge is 0.225 e. The zero-order valence-electron chi connectivity index (χ0n) is 10.3. The minimum absolute atomic E-state index is 0.213. The van der Waals surface area contributed by atoms with Gasteiger partial charge in [0, 0.05) is 11.5 Å². The quantitative estimate of drug-likeness (QED) is 0.706. The molecular formula is C13H23NO. The predicted molar refractivity (Wildman–Crippen MR) is 61.4 cm³/mol. The van der Waals surface area contributed by atoms with Crippen LogP contribution in [0.5, 0.6) is 0 Å². The molecule has 4 atom stereocenters. The average molecular weight is 209 g/mol. The average Bonchev–Trinajstić information content (AvgIpc) is 2.56. The number of carbonyl (C=O) groups is 1. The Hall–Kier alpha value is -0.530. The van der Waals surface area contributed by atoms with Crippen LogP contribution in [0.15, 0.2) is 0 Å². The molecule has 2 aliphatic carbocycles. The third-order valence-electron chi connectivity index (χ3n) is 4.31. The fourth-order valence-corrected chi connectivity index (χ4v) is 3.23. The summed E-state index contributed by atoms with van der Waals surface area (Å²) in [7, 11) is 0. The molecule has 0 heterocycles. The van der Waals surface area contributed by atoms with Crippen LogP contribution in [-0.4, -0.2) is 11.9 Å². The van der Waals surface area contributed by atoms with Crippen LogP contribution >= 0.6 is 0 Å². The third-order valence-corrected chi connectivity index (χ3v) is 4.31. The first kappa shape index (κ1) is 11.0. The van der Waals surface area contributed by atoms with E-state index in [4.69, 9.17) is 0 Å². The van der Waals surface area contributed by atoms with Gasteiger partial charge in [-0.3, -0.25) is 4.79 Å². The summed E-state index contributed by atoms with van der Waals surface area (Å²) in [6, 6.07) is 0.462. The van der Waals surface area contributed by atoms with Gasteiger partial charge in [0.05, 0.1) is 0 Å². The maximum absolute atomic E-state index is 11.9. The van der Waals surface area contributed by atoms with Crippen molar-refractivity contribution in [1.82, 2.24) is 5.32 Å². The molecule has 2 rings (SSSR count). The number of fused-ring (bicyclic) bond motifs is 1. The van der Waals surface area contributed by atoms with Gasteiger partial charge in [0.25, 0.3) is 0 Å². The molecule has 2 fully saturated rings. The Balaban J connectivity index is 1.94. The lowest BCUT2D eigenvalue weighted by Crippen LogP contribution is -2.58. The zero-order valence-corrected chi connectivity index (χ0v) is 10.3. The Bertz CT molecular complexity index is 266. The van der Waals surface area contributed by atoms with E-state index in [1.54, 1.807) is 0 Å². The van der Waals surface area contributed by atoms with Crippen molar-refractivity contribution in [2.75, 3.05) is 0 Å². The van der Waals surface area contributed by atoms with Crippen LogP contribution in [0.2, 0.25) is 0 Å². The van der Waals surface area contributed by atoms with E-state index < -0.39 is 0 Å². The maximum Gasteiger partial charge on any atom is 0.225 e. The lowest BCUT2D eigenvalue weighted by atomic mass is 9.63. The van der Waals surface area contributed by atoms with E-state index in [9.17, 15) is 4.79 Å². The molecule has 0 spiro atoms. The van der Waals surface area contributed by atoms with Gasteiger partial charge in [-0.25, -0.2) is 0 Å². The van der Waals surface area contributed by atoms with Gasteiger partial charge >= 0.3 is 0 Å².